The lowest BCUT2D eigenvalue weighted by Crippen LogP contribution is -2.26. The molecule has 2 N–H and O–H groups in total. The van der Waals surface area contributed by atoms with Crippen molar-refractivity contribution in [3.63, 3.8) is 0 Å². The molecular formula is C20H24N2O3P+. The highest BCUT2D eigenvalue weighted by atomic mass is 31.2. The highest BCUT2D eigenvalue weighted by Gasteiger charge is 2.59. The predicted octanol–water partition coefficient (Wildman–Crippen LogP) is 4.54. The summed E-state index contributed by atoms with van der Waals surface area (Å²) >= 11 is 0. The van der Waals surface area contributed by atoms with Crippen LogP contribution in [0.15, 0.2) is 72.1 Å². The van der Waals surface area contributed by atoms with E-state index in [-0.39, 0.29) is 6.42 Å². The van der Waals surface area contributed by atoms with E-state index in [0.717, 1.165) is 11.4 Å². The number of carboxylic acids is 1. The molecule has 3 rings (SSSR count). The van der Waals surface area contributed by atoms with E-state index < -0.39 is 13.8 Å². The van der Waals surface area contributed by atoms with Gasteiger partial charge in [-0.3, -0.25) is 4.79 Å². The van der Waals surface area contributed by atoms with Crippen LogP contribution >= 0.6 is 7.79 Å². The van der Waals surface area contributed by atoms with Crippen LogP contribution in [0.2, 0.25) is 0 Å². The molecule has 1 aliphatic heterocycles. The molecule has 1 saturated heterocycles. The molecule has 0 bridgehead atoms. The number of hydrogen-bond donors (Lipinski definition) is 2. The van der Waals surface area contributed by atoms with Crippen molar-refractivity contribution in [2.45, 2.75) is 19.8 Å². The van der Waals surface area contributed by atoms with Gasteiger partial charge in [-0.1, -0.05) is 43.3 Å². The Morgan fingerprint density at radius 2 is 1.46 bits per heavy atom. The van der Waals surface area contributed by atoms with Crippen molar-refractivity contribution in [3.8, 4) is 0 Å². The number of aliphatic carboxylic acids is 1. The summed E-state index contributed by atoms with van der Waals surface area (Å²) in [5.74, 6) is -0.925. The largest absolute Gasteiger partial charge is 0.481 e. The van der Waals surface area contributed by atoms with Gasteiger partial charge in [-0.15, -0.1) is 0 Å². The predicted molar refractivity (Wildman–Crippen MR) is 107 cm³/mol. The van der Waals surface area contributed by atoms with Crippen molar-refractivity contribution in [2.75, 3.05) is 22.4 Å². The average Bonchev–Trinajstić information content (AvgIpc) is 3.01. The maximum Gasteiger partial charge on any atom is 0.362 e. The van der Waals surface area contributed by atoms with Gasteiger partial charge in [0.1, 0.15) is 6.42 Å². The Morgan fingerprint density at radius 1 is 1.00 bits per heavy atom. The van der Waals surface area contributed by atoms with E-state index in [2.05, 4.69) is 0 Å². The number of allylic oxidation sites excluding steroid dienone is 1. The molecule has 26 heavy (non-hydrogen) atoms. The van der Waals surface area contributed by atoms with E-state index in [9.17, 15) is 14.8 Å². The summed E-state index contributed by atoms with van der Waals surface area (Å²) in [6, 6.07) is 19.5. The normalized spacial score (nSPS) is 16.8. The summed E-state index contributed by atoms with van der Waals surface area (Å²) in [7, 11) is -3.02. The van der Waals surface area contributed by atoms with E-state index in [1.165, 1.54) is 0 Å². The number of para-hydroxylation sites is 2. The first-order valence-corrected chi connectivity index (χ1v) is 10.4. The molecule has 0 amide bonds. The van der Waals surface area contributed by atoms with Crippen LogP contribution < -0.4 is 9.34 Å². The molecule has 2 aromatic rings. The zero-order valence-corrected chi connectivity index (χ0v) is 15.7. The van der Waals surface area contributed by atoms with Crippen LogP contribution in [0.4, 0.5) is 11.4 Å². The van der Waals surface area contributed by atoms with Gasteiger partial charge >= 0.3 is 13.8 Å². The molecule has 2 aromatic carbocycles. The third-order valence-corrected chi connectivity index (χ3v) is 7.78. The average molecular weight is 371 g/mol. The summed E-state index contributed by atoms with van der Waals surface area (Å²) in [6.45, 7) is 3.25. The van der Waals surface area contributed by atoms with Crippen molar-refractivity contribution < 1.29 is 14.8 Å². The third-order valence-electron chi connectivity index (χ3n) is 4.46. The zero-order valence-electron chi connectivity index (χ0n) is 14.8. The summed E-state index contributed by atoms with van der Waals surface area (Å²) in [6.07, 6.45) is 2.39. The molecule has 1 aliphatic rings. The maximum absolute atomic E-state index is 12.0. The Balaban J connectivity index is 2.12. The molecule has 0 aliphatic carbocycles. The molecule has 0 saturated carbocycles. The van der Waals surface area contributed by atoms with Crippen LogP contribution in [0.3, 0.4) is 0 Å². The molecule has 0 unspecified atom stereocenters. The van der Waals surface area contributed by atoms with Gasteiger partial charge in [-0.2, -0.15) is 14.2 Å². The van der Waals surface area contributed by atoms with Gasteiger partial charge in [0, 0.05) is 0 Å². The van der Waals surface area contributed by atoms with Crippen LogP contribution in [0.25, 0.3) is 0 Å². The van der Waals surface area contributed by atoms with Crippen molar-refractivity contribution >= 4 is 25.1 Å². The number of benzene rings is 2. The minimum absolute atomic E-state index is 0.162. The van der Waals surface area contributed by atoms with Crippen LogP contribution in [0.5, 0.6) is 0 Å². The van der Waals surface area contributed by atoms with E-state index in [4.69, 9.17) is 0 Å². The Labute approximate surface area is 154 Å². The van der Waals surface area contributed by atoms with Gasteiger partial charge in [0.05, 0.1) is 24.5 Å². The minimum atomic E-state index is -3.02. The molecule has 0 radical (unpaired) electrons. The standard InChI is InChI=1S/C20H23N2O3P/c1-2-9-19(16-20(23)24)26(25)21(17-10-5-3-6-11-17)14-15-22(26)18-12-7-4-8-13-18/h3-13,25H,2,14-16H2,1H3/p+1/b19-9+. The first-order chi connectivity index (χ1) is 12.6. The molecule has 5 nitrogen and oxygen atoms in total. The Bertz CT molecular complexity index is 733. The fourth-order valence-electron chi connectivity index (χ4n) is 3.38. The Kier molecular flexibility index (Phi) is 5.60. The molecule has 136 valence electrons. The van der Waals surface area contributed by atoms with Crippen molar-refractivity contribution in [2.24, 2.45) is 0 Å². The summed E-state index contributed by atoms with van der Waals surface area (Å²) in [4.78, 5) is 23.5. The van der Waals surface area contributed by atoms with E-state index >= 15 is 0 Å². The lowest BCUT2D eigenvalue weighted by atomic mass is 10.3. The van der Waals surface area contributed by atoms with Crippen molar-refractivity contribution in [1.29, 1.82) is 0 Å². The number of carboxylic acid groups (broad SMARTS) is 1. The second kappa shape index (κ2) is 7.90. The van der Waals surface area contributed by atoms with Gasteiger partial charge in [-0.05, 0) is 36.8 Å². The smallest absolute Gasteiger partial charge is 0.362 e. The monoisotopic (exact) mass is 371 g/mol. The molecule has 6 heteroatoms. The topological polar surface area (TPSA) is 64.0 Å². The third kappa shape index (κ3) is 3.46. The zero-order chi connectivity index (χ0) is 18.6. The van der Waals surface area contributed by atoms with Crippen LogP contribution in [0, 0.1) is 0 Å². The lowest BCUT2D eigenvalue weighted by Gasteiger charge is -2.32. The van der Waals surface area contributed by atoms with E-state index in [1.807, 2.05) is 83.0 Å². The van der Waals surface area contributed by atoms with Gasteiger partial charge in [-0.25, -0.2) is 0 Å². The Morgan fingerprint density at radius 3 is 1.85 bits per heavy atom. The Hall–Kier alpha value is -2.36. The van der Waals surface area contributed by atoms with Gasteiger partial charge in [0.2, 0.25) is 0 Å². The molecule has 0 spiro atoms. The fourth-order valence-corrected chi connectivity index (χ4v) is 6.68. The number of rotatable bonds is 6. The van der Waals surface area contributed by atoms with Gasteiger partial charge in [0.25, 0.3) is 0 Å². The fraction of sp³-hybridized carbons (Fsp3) is 0.250. The first-order valence-electron chi connectivity index (χ1n) is 8.76. The molecule has 1 heterocycles. The number of hydrogen-bond acceptors (Lipinski definition) is 4. The summed E-state index contributed by atoms with van der Waals surface area (Å²) < 4.78 is 3.98. The van der Waals surface area contributed by atoms with Crippen LogP contribution in [0.1, 0.15) is 19.8 Å². The molecule has 0 atom stereocenters. The van der Waals surface area contributed by atoms with Crippen LogP contribution in [-0.4, -0.2) is 29.1 Å². The quantitative estimate of drug-likeness (QED) is 0.730. The van der Waals surface area contributed by atoms with E-state index in [0.29, 0.717) is 24.8 Å². The van der Waals surface area contributed by atoms with Crippen molar-refractivity contribution in [3.05, 3.63) is 72.1 Å². The van der Waals surface area contributed by atoms with E-state index in [1.54, 1.807) is 0 Å². The molecular weight excluding hydrogens is 347 g/mol. The SMILES string of the molecule is CC/C=C(\CC(=O)O)[P+]1(O)N(c2ccccc2)CCN1c1ccccc1. The summed E-state index contributed by atoms with van der Waals surface area (Å²) in [5.41, 5.74) is 1.82. The molecule has 0 aromatic heterocycles. The second-order valence-electron chi connectivity index (χ2n) is 6.16. The highest BCUT2D eigenvalue weighted by Crippen LogP contribution is 2.72. The highest BCUT2D eigenvalue weighted by molar-refractivity contribution is 7.77. The van der Waals surface area contributed by atoms with Gasteiger partial charge < -0.3 is 5.11 Å². The first kappa shape index (κ1) is 18.4. The van der Waals surface area contributed by atoms with Crippen LogP contribution in [-0.2, 0) is 4.79 Å². The number of nitrogens with zero attached hydrogens (tertiary/aromatic N) is 2. The van der Waals surface area contributed by atoms with Gasteiger partial charge in [0.15, 0.2) is 5.31 Å². The lowest BCUT2D eigenvalue weighted by molar-refractivity contribution is -0.136. The number of anilines is 2. The minimum Gasteiger partial charge on any atom is -0.481 e. The second-order valence-corrected chi connectivity index (χ2v) is 8.84. The summed E-state index contributed by atoms with van der Waals surface area (Å²) in [5, 5.41) is 10.0. The number of carbonyl (C=O) groups is 1. The maximum atomic E-state index is 12.0. The molecule has 1 fully saturated rings. The van der Waals surface area contributed by atoms with Crippen molar-refractivity contribution in [1.82, 2.24) is 0 Å².